The molecule has 3 rings (SSSR count). The first kappa shape index (κ1) is 11.1. The van der Waals surface area contributed by atoms with Crippen LogP contribution < -0.4 is 11.1 Å². The number of thioether (sulfide) groups is 1. The minimum atomic E-state index is 0.342. The zero-order chi connectivity index (χ0) is 11.8. The molecule has 0 aromatic carbocycles. The van der Waals surface area contributed by atoms with Gasteiger partial charge in [0.05, 0.1) is 18.2 Å². The molecule has 2 aliphatic heterocycles. The Morgan fingerprint density at radius 2 is 2.35 bits per heavy atom. The molecule has 2 fully saturated rings. The number of ether oxygens (including phenoxy) is 1. The highest BCUT2D eigenvalue weighted by molar-refractivity contribution is 7.98. The number of nitrogen functional groups attached to an aromatic ring is 1. The average molecular weight is 252 g/mol. The highest BCUT2D eigenvalue weighted by Crippen LogP contribution is 2.35. The van der Waals surface area contributed by atoms with Crippen molar-refractivity contribution in [2.75, 3.05) is 17.3 Å². The van der Waals surface area contributed by atoms with Gasteiger partial charge in [-0.15, -0.1) is 0 Å². The summed E-state index contributed by atoms with van der Waals surface area (Å²) in [5.74, 6) is 1.32. The van der Waals surface area contributed by atoms with Crippen LogP contribution in [0.2, 0.25) is 0 Å². The molecule has 0 aliphatic carbocycles. The number of rotatable bonds is 3. The first-order chi connectivity index (χ1) is 8.24. The normalized spacial score (nSPS) is 30.8. The minimum Gasteiger partial charge on any atom is -0.383 e. The summed E-state index contributed by atoms with van der Waals surface area (Å²) in [5.41, 5.74) is 5.75. The maximum Gasteiger partial charge on any atom is 0.191 e. The zero-order valence-electron chi connectivity index (χ0n) is 9.72. The lowest BCUT2D eigenvalue weighted by atomic mass is 9.95. The fourth-order valence-corrected chi connectivity index (χ4v) is 2.97. The summed E-state index contributed by atoms with van der Waals surface area (Å²) >= 11 is 1.50. The van der Waals surface area contributed by atoms with Crippen molar-refractivity contribution < 1.29 is 4.74 Å². The predicted octanol–water partition coefficient (Wildman–Crippen LogP) is 1.51. The summed E-state index contributed by atoms with van der Waals surface area (Å²) in [6.45, 7) is 0. The number of fused-ring (bicyclic) bond motifs is 2. The van der Waals surface area contributed by atoms with Gasteiger partial charge in [-0.25, -0.2) is 9.97 Å². The van der Waals surface area contributed by atoms with Gasteiger partial charge in [-0.2, -0.15) is 0 Å². The highest BCUT2D eigenvalue weighted by Gasteiger charge is 2.40. The lowest BCUT2D eigenvalue weighted by Gasteiger charge is -2.20. The molecule has 0 spiro atoms. The molecule has 2 saturated heterocycles. The van der Waals surface area contributed by atoms with E-state index < -0.39 is 0 Å². The maximum absolute atomic E-state index is 5.80. The topological polar surface area (TPSA) is 73.1 Å². The average Bonchev–Trinajstić information content (AvgIpc) is 2.90. The van der Waals surface area contributed by atoms with E-state index >= 15 is 0 Å². The van der Waals surface area contributed by atoms with Crippen LogP contribution in [0.25, 0.3) is 0 Å². The molecule has 1 aromatic heterocycles. The largest absolute Gasteiger partial charge is 0.383 e. The van der Waals surface area contributed by atoms with E-state index in [4.69, 9.17) is 10.5 Å². The molecule has 17 heavy (non-hydrogen) atoms. The Bertz CT molecular complexity index is 428. The summed E-state index contributed by atoms with van der Waals surface area (Å²) in [6.07, 6.45) is 6.15. The van der Waals surface area contributed by atoms with Crippen molar-refractivity contribution in [1.82, 2.24) is 9.97 Å². The number of nitrogens with two attached hydrogens (primary N) is 1. The Balaban J connectivity index is 1.74. The van der Waals surface area contributed by atoms with Crippen LogP contribution in [0.4, 0.5) is 11.6 Å². The Kier molecular flexibility index (Phi) is 2.84. The molecule has 92 valence electrons. The maximum atomic E-state index is 5.80. The Hall–Kier alpha value is -1.01. The molecule has 1 aromatic rings. The molecule has 3 heterocycles. The van der Waals surface area contributed by atoms with Gasteiger partial charge in [0.1, 0.15) is 11.6 Å². The van der Waals surface area contributed by atoms with Gasteiger partial charge in [-0.3, -0.25) is 0 Å². The minimum absolute atomic E-state index is 0.342. The second-order valence-electron chi connectivity index (χ2n) is 4.53. The third-order valence-corrected chi connectivity index (χ3v) is 3.90. The van der Waals surface area contributed by atoms with Gasteiger partial charge in [0, 0.05) is 6.07 Å². The summed E-state index contributed by atoms with van der Waals surface area (Å²) in [7, 11) is 0. The van der Waals surface area contributed by atoms with Gasteiger partial charge >= 0.3 is 0 Å². The van der Waals surface area contributed by atoms with E-state index in [0.717, 1.165) is 18.7 Å². The van der Waals surface area contributed by atoms with Crippen molar-refractivity contribution >= 4 is 23.4 Å². The summed E-state index contributed by atoms with van der Waals surface area (Å²) in [6, 6.07) is 2.16. The lowest BCUT2D eigenvalue weighted by Crippen LogP contribution is -2.30. The van der Waals surface area contributed by atoms with Gasteiger partial charge in [0.2, 0.25) is 0 Å². The molecule has 5 nitrogen and oxygen atoms in total. The quantitative estimate of drug-likeness (QED) is 0.627. The van der Waals surface area contributed by atoms with Gasteiger partial charge in [0.25, 0.3) is 0 Å². The van der Waals surface area contributed by atoms with Crippen LogP contribution in [0.5, 0.6) is 0 Å². The van der Waals surface area contributed by atoms with Crippen LogP contribution in [-0.4, -0.2) is 34.5 Å². The third-order valence-electron chi connectivity index (χ3n) is 3.35. The molecule has 0 saturated carbocycles. The van der Waals surface area contributed by atoms with Gasteiger partial charge in [0.15, 0.2) is 5.16 Å². The second kappa shape index (κ2) is 4.34. The number of nitrogens with one attached hydrogen (secondary N) is 1. The van der Waals surface area contributed by atoms with Crippen molar-refractivity contribution in [3.8, 4) is 0 Å². The molecule has 0 amide bonds. The van der Waals surface area contributed by atoms with Crippen LogP contribution in [0.1, 0.15) is 19.3 Å². The molecule has 3 unspecified atom stereocenters. The van der Waals surface area contributed by atoms with E-state index in [9.17, 15) is 0 Å². The fraction of sp³-hybridized carbons (Fsp3) is 0.636. The van der Waals surface area contributed by atoms with Crippen molar-refractivity contribution in [3.63, 3.8) is 0 Å². The molecule has 3 atom stereocenters. The van der Waals surface area contributed by atoms with Gasteiger partial charge in [-0.05, 0) is 25.5 Å². The number of aromatic nitrogens is 2. The number of anilines is 2. The standard InChI is InChI=1S/C11H16N4OS/c1-17-11-14-9(12)5-10(15-11)13-7-4-6-2-3-8(7)16-6/h5-8H,2-4H2,1H3,(H3,12,13,14,15). The van der Waals surface area contributed by atoms with Crippen LogP contribution in [-0.2, 0) is 4.74 Å². The predicted molar refractivity (Wildman–Crippen MR) is 68.1 cm³/mol. The van der Waals surface area contributed by atoms with E-state index in [2.05, 4.69) is 15.3 Å². The van der Waals surface area contributed by atoms with Crippen LogP contribution in [0.15, 0.2) is 11.2 Å². The van der Waals surface area contributed by atoms with E-state index in [1.807, 2.05) is 6.26 Å². The summed E-state index contributed by atoms with van der Waals surface area (Å²) in [4.78, 5) is 8.54. The second-order valence-corrected chi connectivity index (χ2v) is 5.30. The SMILES string of the molecule is CSc1nc(N)cc(NC2CC3CCC2O3)n1. The van der Waals surface area contributed by atoms with Crippen molar-refractivity contribution in [1.29, 1.82) is 0 Å². The Morgan fingerprint density at radius 1 is 1.47 bits per heavy atom. The number of nitrogens with zero attached hydrogens (tertiary/aromatic N) is 2. The molecule has 6 heteroatoms. The van der Waals surface area contributed by atoms with E-state index in [-0.39, 0.29) is 0 Å². The van der Waals surface area contributed by atoms with Crippen molar-refractivity contribution in [3.05, 3.63) is 6.07 Å². The zero-order valence-corrected chi connectivity index (χ0v) is 10.5. The van der Waals surface area contributed by atoms with E-state index in [1.54, 1.807) is 6.07 Å². The smallest absolute Gasteiger partial charge is 0.191 e. The summed E-state index contributed by atoms with van der Waals surface area (Å²) in [5, 5.41) is 4.12. The van der Waals surface area contributed by atoms with Crippen molar-refractivity contribution in [2.24, 2.45) is 0 Å². The molecular weight excluding hydrogens is 236 g/mol. The van der Waals surface area contributed by atoms with Crippen LogP contribution >= 0.6 is 11.8 Å². The summed E-state index contributed by atoms with van der Waals surface area (Å²) < 4.78 is 5.80. The fourth-order valence-electron chi connectivity index (χ4n) is 2.59. The molecule has 0 radical (unpaired) electrons. The number of hydrogen-bond donors (Lipinski definition) is 2. The van der Waals surface area contributed by atoms with Crippen LogP contribution in [0.3, 0.4) is 0 Å². The molecule has 3 N–H and O–H groups in total. The Labute approximate surface area is 105 Å². The molecule has 2 aliphatic rings. The molecular formula is C11H16N4OS. The van der Waals surface area contributed by atoms with E-state index in [1.165, 1.54) is 18.2 Å². The highest BCUT2D eigenvalue weighted by atomic mass is 32.2. The van der Waals surface area contributed by atoms with Crippen molar-refractivity contribution in [2.45, 2.75) is 42.7 Å². The van der Waals surface area contributed by atoms with Gasteiger partial charge in [-0.1, -0.05) is 11.8 Å². The molecule has 2 bridgehead atoms. The van der Waals surface area contributed by atoms with E-state index in [0.29, 0.717) is 29.2 Å². The lowest BCUT2D eigenvalue weighted by molar-refractivity contribution is 0.102. The van der Waals surface area contributed by atoms with Crippen LogP contribution in [0, 0.1) is 0 Å². The first-order valence-corrected chi connectivity index (χ1v) is 7.07. The monoisotopic (exact) mass is 252 g/mol. The Morgan fingerprint density at radius 3 is 3.00 bits per heavy atom. The first-order valence-electron chi connectivity index (χ1n) is 5.85. The number of hydrogen-bond acceptors (Lipinski definition) is 6. The third kappa shape index (κ3) is 2.19. The van der Waals surface area contributed by atoms with Gasteiger partial charge < -0.3 is 15.8 Å².